The average molecular weight is 367 g/mol. The average Bonchev–Trinajstić information content (AvgIpc) is 3.02. The molecule has 0 saturated heterocycles. The van der Waals surface area contributed by atoms with Gasteiger partial charge in [0.2, 0.25) is 0 Å². The second-order valence-electron chi connectivity index (χ2n) is 7.09. The van der Waals surface area contributed by atoms with Gasteiger partial charge < -0.3 is 10.1 Å². The van der Waals surface area contributed by atoms with Crippen molar-refractivity contribution >= 4 is 16.8 Å². The molecule has 2 heterocycles. The Bertz CT molecular complexity index is 930. The number of nitrogens with one attached hydrogen (secondary N) is 1. The largest absolute Gasteiger partial charge is 0.379 e. The van der Waals surface area contributed by atoms with Crippen LogP contribution in [0.4, 0.5) is 0 Å². The van der Waals surface area contributed by atoms with E-state index in [1.807, 2.05) is 44.2 Å². The van der Waals surface area contributed by atoms with E-state index in [1.165, 1.54) is 0 Å². The molecule has 1 atom stereocenters. The fraction of sp³-hybridized carbons (Fsp3) is 0.400. The zero-order valence-corrected chi connectivity index (χ0v) is 16.1. The molecule has 1 N–H and O–H groups in total. The van der Waals surface area contributed by atoms with Crippen LogP contribution in [-0.2, 0) is 4.74 Å². The van der Waals surface area contributed by atoms with Crippen LogP contribution in [0.2, 0.25) is 0 Å². The smallest absolute Gasteiger partial charge is 0.274 e. The van der Waals surface area contributed by atoms with Crippen LogP contribution in [0, 0.1) is 12.8 Å². The Hall–Kier alpha value is -2.80. The second-order valence-corrected chi connectivity index (χ2v) is 7.09. The summed E-state index contributed by atoms with van der Waals surface area (Å²) < 4.78 is 7.26. The van der Waals surface area contributed by atoms with Gasteiger partial charge in [-0.25, -0.2) is 4.68 Å². The van der Waals surface area contributed by atoms with E-state index >= 15 is 0 Å². The molecule has 7 heteroatoms. The molecule has 27 heavy (non-hydrogen) atoms. The molecule has 3 aromatic rings. The molecule has 3 rings (SSSR count). The number of carbonyl (C=O) groups excluding carboxylic acids is 1. The number of carbonyl (C=O) groups is 1. The van der Waals surface area contributed by atoms with Crippen LogP contribution in [0.3, 0.4) is 0 Å². The van der Waals surface area contributed by atoms with Crippen molar-refractivity contribution in [3.63, 3.8) is 0 Å². The third-order valence-electron chi connectivity index (χ3n) is 4.16. The quantitative estimate of drug-likeness (QED) is 0.694. The summed E-state index contributed by atoms with van der Waals surface area (Å²) in [7, 11) is 0. The monoisotopic (exact) mass is 367 g/mol. The summed E-state index contributed by atoms with van der Waals surface area (Å²) in [6, 6.07) is 9.55. The van der Waals surface area contributed by atoms with Gasteiger partial charge in [-0.2, -0.15) is 0 Å². The number of aromatic nitrogens is 4. The van der Waals surface area contributed by atoms with Gasteiger partial charge in [0.15, 0.2) is 5.69 Å². The van der Waals surface area contributed by atoms with Gasteiger partial charge in [0, 0.05) is 24.2 Å². The van der Waals surface area contributed by atoms with E-state index in [-0.39, 0.29) is 11.9 Å². The Morgan fingerprint density at radius 2 is 2.00 bits per heavy atom. The van der Waals surface area contributed by atoms with Gasteiger partial charge >= 0.3 is 0 Å². The van der Waals surface area contributed by atoms with Gasteiger partial charge in [0.25, 0.3) is 5.91 Å². The maximum atomic E-state index is 12.6. The molecule has 0 saturated carbocycles. The van der Waals surface area contributed by atoms with E-state index in [9.17, 15) is 4.79 Å². The third-order valence-corrected chi connectivity index (χ3v) is 4.16. The highest BCUT2D eigenvalue weighted by Crippen LogP contribution is 2.21. The molecule has 0 bridgehead atoms. The number of hydrogen-bond donors (Lipinski definition) is 1. The maximum Gasteiger partial charge on any atom is 0.274 e. The van der Waals surface area contributed by atoms with Crippen LogP contribution in [0.25, 0.3) is 16.6 Å². The van der Waals surface area contributed by atoms with Gasteiger partial charge in [0.05, 0.1) is 23.5 Å². The standard InChI is InChI=1S/C20H25N5O2/c1-13(2)11-27-12-14(3)22-20(26)19-15(4)25(24-23-19)18-9-5-8-17-16(18)7-6-10-21-17/h5-10,13-14H,11-12H2,1-4H3,(H,22,26)/t14-/m1/s1. The summed E-state index contributed by atoms with van der Waals surface area (Å²) in [6.45, 7) is 9.07. The fourth-order valence-corrected chi connectivity index (χ4v) is 2.85. The molecule has 0 radical (unpaired) electrons. The Morgan fingerprint density at radius 3 is 2.78 bits per heavy atom. The number of ether oxygens (including phenoxy) is 1. The summed E-state index contributed by atoms with van der Waals surface area (Å²) in [4.78, 5) is 17.0. The van der Waals surface area contributed by atoms with Crippen molar-refractivity contribution in [1.29, 1.82) is 0 Å². The van der Waals surface area contributed by atoms with E-state index in [4.69, 9.17) is 4.74 Å². The molecule has 0 aliphatic rings. The number of fused-ring (bicyclic) bond motifs is 1. The number of hydrogen-bond acceptors (Lipinski definition) is 5. The molecular weight excluding hydrogens is 342 g/mol. The highest BCUT2D eigenvalue weighted by atomic mass is 16.5. The van der Waals surface area contributed by atoms with Crippen LogP contribution in [0.15, 0.2) is 36.5 Å². The lowest BCUT2D eigenvalue weighted by atomic mass is 10.2. The van der Waals surface area contributed by atoms with E-state index < -0.39 is 0 Å². The minimum Gasteiger partial charge on any atom is -0.379 e. The molecular formula is C20H25N5O2. The first kappa shape index (κ1) is 19.0. The highest BCUT2D eigenvalue weighted by Gasteiger charge is 2.20. The zero-order chi connectivity index (χ0) is 19.4. The minimum atomic E-state index is -0.252. The first-order valence-corrected chi connectivity index (χ1v) is 9.12. The van der Waals surface area contributed by atoms with Crippen molar-refractivity contribution in [2.75, 3.05) is 13.2 Å². The summed E-state index contributed by atoms with van der Waals surface area (Å²) in [5.74, 6) is 0.211. The van der Waals surface area contributed by atoms with Crippen LogP contribution in [-0.4, -0.2) is 45.1 Å². The lowest BCUT2D eigenvalue weighted by molar-refractivity contribution is 0.0788. The Morgan fingerprint density at radius 1 is 1.19 bits per heavy atom. The first-order chi connectivity index (χ1) is 13.0. The van der Waals surface area contributed by atoms with Gasteiger partial charge in [-0.3, -0.25) is 9.78 Å². The van der Waals surface area contributed by atoms with Crippen molar-refractivity contribution in [2.45, 2.75) is 33.7 Å². The lowest BCUT2D eigenvalue weighted by Crippen LogP contribution is -2.36. The molecule has 1 amide bonds. The summed E-state index contributed by atoms with van der Waals surface area (Å²) in [6.07, 6.45) is 1.75. The maximum absolute atomic E-state index is 12.6. The van der Waals surface area contributed by atoms with Gasteiger partial charge in [-0.15, -0.1) is 5.10 Å². The summed E-state index contributed by atoms with van der Waals surface area (Å²) in [5, 5.41) is 12.2. The van der Waals surface area contributed by atoms with Crippen LogP contribution >= 0.6 is 0 Å². The second kappa shape index (κ2) is 8.26. The molecule has 1 aromatic carbocycles. The molecule has 2 aromatic heterocycles. The van der Waals surface area contributed by atoms with Crippen molar-refractivity contribution in [1.82, 2.24) is 25.3 Å². The fourth-order valence-electron chi connectivity index (χ4n) is 2.85. The van der Waals surface area contributed by atoms with Gasteiger partial charge in [-0.05, 0) is 44.0 Å². The number of nitrogens with zero attached hydrogens (tertiary/aromatic N) is 4. The van der Waals surface area contributed by atoms with Crippen molar-refractivity contribution in [3.8, 4) is 5.69 Å². The topological polar surface area (TPSA) is 81.9 Å². The van der Waals surface area contributed by atoms with Gasteiger partial charge in [-0.1, -0.05) is 25.1 Å². The Balaban J connectivity index is 1.78. The van der Waals surface area contributed by atoms with Crippen LogP contribution in [0.1, 0.15) is 37.0 Å². The normalized spacial score (nSPS) is 12.5. The summed E-state index contributed by atoms with van der Waals surface area (Å²) >= 11 is 0. The number of amides is 1. The van der Waals surface area contributed by atoms with E-state index in [0.717, 1.165) is 16.6 Å². The number of pyridine rings is 1. The van der Waals surface area contributed by atoms with Crippen molar-refractivity contribution in [2.24, 2.45) is 5.92 Å². The summed E-state index contributed by atoms with van der Waals surface area (Å²) in [5.41, 5.74) is 2.70. The lowest BCUT2D eigenvalue weighted by Gasteiger charge is -2.14. The first-order valence-electron chi connectivity index (χ1n) is 9.12. The predicted octanol–water partition coefficient (Wildman–Crippen LogP) is 2.91. The minimum absolute atomic E-state index is 0.109. The molecule has 142 valence electrons. The van der Waals surface area contributed by atoms with E-state index in [0.29, 0.717) is 30.5 Å². The molecule has 0 aliphatic carbocycles. The molecule has 0 fully saturated rings. The molecule has 0 spiro atoms. The SMILES string of the molecule is Cc1c(C(=O)N[C@H](C)COCC(C)C)nnn1-c1cccc2ncccc12. The van der Waals surface area contributed by atoms with Crippen LogP contribution < -0.4 is 5.32 Å². The van der Waals surface area contributed by atoms with Crippen LogP contribution in [0.5, 0.6) is 0 Å². The van der Waals surface area contributed by atoms with E-state index in [2.05, 4.69) is 34.5 Å². The molecule has 7 nitrogen and oxygen atoms in total. The number of rotatable bonds is 7. The van der Waals surface area contributed by atoms with Crippen molar-refractivity contribution in [3.05, 3.63) is 47.9 Å². The highest BCUT2D eigenvalue weighted by molar-refractivity contribution is 5.94. The zero-order valence-electron chi connectivity index (χ0n) is 16.1. The molecule has 0 unspecified atom stereocenters. The molecule has 0 aliphatic heterocycles. The number of benzene rings is 1. The van der Waals surface area contributed by atoms with Gasteiger partial charge in [0.1, 0.15) is 0 Å². The van der Waals surface area contributed by atoms with Crippen molar-refractivity contribution < 1.29 is 9.53 Å². The predicted molar refractivity (Wildman–Crippen MR) is 104 cm³/mol. The third kappa shape index (κ3) is 4.31. The Labute approximate surface area is 158 Å². The Kier molecular flexibility index (Phi) is 5.81. The van der Waals surface area contributed by atoms with E-state index in [1.54, 1.807) is 10.9 Å².